The molecule has 0 aliphatic rings. The highest BCUT2D eigenvalue weighted by molar-refractivity contribution is 6.31. The fourth-order valence-corrected chi connectivity index (χ4v) is 2.38. The molecule has 0 aliphatic heterocycles. The van der Waals surface area contributed by atoms with Crippen molar-refractivity contribution in [2.24, 2.45) is 0 Å². The zero-order valence-electron chi connectivity index (χ0n) is 12.8. The number of carbonyl (C=O) groups excluding carboxylic acids is 1. The van der Waals surface area contributed by atoms with Crippen LogP contribution in [0.3, 0.4) is 0 Å². The fourth-order valence-electron chi connectivity index (χ4n) is 2.21. The lowest BCUT2D eigenvalue weighted by Crippen LogP contribution is -2.47. The number of hydrogen-bond donors (Lipinski definition) is 2. The normalized spacial score (nSPS) is 11.7. The van der Waals surface area contributed by atoms with E-state index in [1.54, 1.807) is 38.2 Å². The van der Waals surface area contributed by atoms with Crippen molar-refractivity contribution in [3.63, 3.8) is 0 Å². The van der Waals surface area contributed by atoms with E-state index in [2.05, 4.69) is 5.32 Å². The molecule has 2 N–H and O–H groups in total. The zero-order chi connectivity index (χ0) is 16.5. The molecule has 0 fully saturated rings. The molecule has 22 heavy (non-hydrogen) atoms. The molecule has 1 amide bonds. The van der Waals surface area contributed by atoms with Gasteiger partial charge in [0.1, 0.15) is 5.56 Å². The molecule has 2 rings (SSSR count). The van der Waals surface area contributed by atoms with Crippen LogP contribution >= 0.6 is 11.6 Å². The van der Waals surface area contributed by atoms with Crippen molar-refractivity contribution in [2.45, 2.75) is 32.9 Å². The van der Waals surface area contributed by atoms with Crippen molar-refractivity contribution in [3.8, 4) is 0 Å². The Kier molecular flexibility index (Phi) is 4.58. The number of amides is 1. The van der Waals surface area contributed by atoms with Crippen molar-refractivity contribution in [1.29, 1.82) is 0 Å². The highest BCUT2D eigenvalue weighted by atomic mass is 35.5. The standard InChI is InChI=1S/C16H19ClN2O3/c1-4-19-8-12(15(22)18-16(2,3)9-20)14(21)11-7-10(17)5-6-13(11)19/h5-8,20H,4,9H2,1-3H3,(H,18,22). The third-order valence-electron chi connectivity index (χ3n) is 3.47. The second kappa shape index (κ2) is 6.10. The van der Waals surface area contributed by atoms with Crippen LogP contribution in [0.5, 0.6) is 0 Å². The predicted octanol–water partition coefficient (Wildman–Crippen LogP) is 2.18. The molecule has 1 aromatic heterocycles. The highest BCUT2D eigenvalue weighted by Gasteiger charge is 2.23. The summed E-state index contributed by atoms with van der Waals surface area (Å²) >= 11 is 5.97. The molecule has 5 nitrogen and oxygen atoms in total. The second-order valence-electron chi connectivity index (χ2n) is 5.82. The average molecular weight is 323 g/mol. The van der Waals surface area contributed by atoms with Crippen LogP contribution in [-0.4, -0.2) is 27.7 Å². The lowest BCUT2D eigenvalue weighted by Gasteiger charge is -2.23. The van der Waals surface area contributed by atoms with Gasteiger partial charge in [-0.1, -0.05) is 11.6 Å². The van der Waals surface area contributed by atoms with Crippen LogP contribution in [0.4, 0.5) is 0 Å². The van der Waals surface area contributed by atoms with E-state index >= 15 is 0 Å². The average Bonchev–Trinajstić information content (AvgIpc) is 2.47. The second-order valence-corrected chi connectivity index (χ2v) is 6.25. The maximum Gasteiger partial charge on any atom is 0.257 e. The molecule has 1 heterocycles. The molecule has 118 valence electrons. The van der Waals surface area contributed by atoms with E-state index in [1.807, 2.05) is 11.5 Å². The number of carbonyl (C=O) groups is 1. The minimum absolute atomic E-state index is 0.0399. The number of aryl methyl sites for hydroxylation is 1. The Hall–Kier alpha value is -1.85. The van der Waals surface area contributed by atoms with Crippen molar-refractivity contribution in [3.05, 3.63) is 45.2 Å². The molecule has 0 spiro atoms. The Morgan fingerprint density at radius 3 is 2.68 bits per heavy atom. The topological polar surface area (TPSA) is 71.3 Å². The third kappa shape index (κ3) is 3.15. The summed E-state index contributed by atoms with van der Waals surface area (Å²) in [4.78, 5) is 24.9. The number of pyridine rings is 1. The van der Waals surface area contributed by atoms with Crippen molar-refractivity contribution < 1.29 is 9.90 Å². The molecule has 6 heteroatoms. The number of nitrogens with one attached hydrogen (secondary N) is 1. The van der Waals surface area contributed by atoms with Crippen LogP contribution in [0.15, 0.2) is 29.2 Å². The minimum atomic E-state index is -0.802. The summed E-state index contributed by atoms with van der Waals surface area (Å²) in [7, 11) is 0. The smallest absolute Gasteiger partial charge is 0.257 e. The zero-order valence-corrected chi connectivity index (χ0v) is 13.6. The molecule has 0 aliphatic carbocycles. The van der Waals surface area contributed by atoms with Crippen molar-refractivity contribution in [1.82, 2.24) is 9.88 Å². The van der Waals surface area contributed by atoms with Gasteiger partial charge in [0, 0.05) is 23.2 Å². The number of benzene rings is 1. The molecular weight excluding hydrogens is 304 g/mol. The van der Waals surface area contributed by atoms with E-state index in [0.717, 1.165) is 5.52 Å². The van der Waals surface area contributed by atoms with Gasteiger partial charge in [-0.05, 0) is 39.0 Å². The van der Waals surface area contributed by atoms with Gasteiger partial charge in [-0.3, -0.25) is 9.59 Å². The van der Waals surface area contributed by atoms with E-state index < -0.39 is 11.4 Å². The van der Waals surface area contributed by atoms with E-state index in [0.29, 0.717) is 17.0 Å². The number of aliphatic hydroxyl groups excluding tert-OH is 1. The Balaban J connectivity index is 2.62. The van der Waals surface area contributed by atoms with Crippen LogP contribution in [0, 0.1) is 0 Å². The summed E-state index contributed by atoms with van der Waals surface area (Å²) < 4.78 is 1.83. The first-order valence-corrected chi connectivity index (χ1v) is 7.43. The number of aliphatic hydroxyl groups is 1. The first kappa shape index (κ1) is 16.5. The van der Waals surface area contributed by atoms with Gasteiger partial charge in [0.2, 0.25) is 5.43 Å². The number of fused-ring (bicyclic) bond motifs is 1. The Morgan fingerprint density at radius 2 is 2.09 bits per heavy atom. The van der Waals surface area contributed by atoms with Crippen LogP contribution in [0.25, 0.3) is 10.9 Å². The number of rotatable bonds is 4. The highest BCUT2D eigenvalue weighted by Crippen LogP contribution is 2.18. The third-order valence-corrected chi connectivity index (χ3v) is 3.71. The number of hydrogen-bond acceptors (Lipinski definition) is 3. The molecule has 0 atom stereocenters. The summed E-state index contributed by atoms with van der Waals surface area (Å²) in [5, 5.41) is 12.8. The lowest BCUT2D eigenvalue weighted by atomic mass is 10.1. The molecular formula is C16H19ClN2O3. The minimum Gasteiger partial charge on any atom is -0.394 e. The van der Waals surface area contributed by atoms with Gasteiger partial charge in [-0.25, -0.2) is 0 Å². The lowest BCUT2D eigenvalue weighted by molar-refractivity contribution is 0.0867. The summed E-state index contributed by atoms with van der Waals surface area (Å²) in [5.74, 6) is -0.506. The van der Waals surface area contributed by atoms with Gasteiger partial charge in [0.25, 0.3) is 5.91 Å². The van der Waals surface area contributed by atoms with Gasteiger partial charge >= 0.3 is 0 Å². The van der Waals surface area contributed by atoms with Gasteiger partial charge in [-0.2, -0.15) is 0 Å². The Labute approximate surface area is 133 Å². The molecule has 0 bridgehead atoms. The van der Waals surface area contributed by atoms with E-state index in [4.69, 9.17) is 11.6 Å². The van der Waals surface area contributed by atoms with Crippen molar-refractivity contribution >= 4 is 28.4 Å². The van der Waals surface area contributed by atoms with Crippen LogP contribution in [0.1, 0.15) is 31.1 Å². The summed E-state index contributed by atoms with van der Waals surface area (Å²) in [6.07, 6.45) is 1.54. The van der Waals surface area contributed by atoms with E-state index in [1.165, 1.54) is 0 Å². The first-order chi connectivity index (χ1) is 10.3. The predicted molar refractivity (Wildman–Crippen MR) is 87.5 cm³/mol. The molecule has 0 saturated heterocycles. The monoisotopic (exact) mass is 322 g/mol. The van der Waals surface area contributed by atoms with Gasteiger partial charge in [-0.15, -0.1) is 0 Å². The maximum absolute atomic E-state index is 12.6. The fraction of sp³-hybridized carbons (Fsp3) is 0.375. The first-order valence-electron chi connectivity index (χ1n) is 7.05. The van der Waals surface area contributed by atoms with Gasteiger partial charge in [0.15, 0.2) is 0 Å². The molecule has 0 saturated carbocycles. The van der Waals surface area contributed by atoms with Gasteiger partial charge < -0.3 is 15.0 Å². The number of nitrogens with zero attached hydrogens (tertiary/aromatic N) is 1. The molecule has 0 radical (unpaired) electrons. The van der Waals surface area contributed by atoms with Crippen LogP contribution in [-0.2, 0) is 6.54 Å². The summed E-state index contributed by atoms with van der Waals surface area (Å²) in [6, 6.07) is 5.05. The summed E-state index contributed by atoms with van der Waals surface area (Å²) in [6.45, 7) is 5.68. The summed E-state index contributed by atoms with van der Waals surface area (Å²) in [5.41, 5.74) is -0.398. The molecule has 0 unspecified atom stereocenters. The van der Waals surface area contributed by atoms with Gasteiger partial charge in [0.05, 0.1) is 17.7 Å². The molecule has 2 aromatic rings. The Bertz CT molecular complexity index is 781. The molecule has 1 aromatic carbocycles. The van der Waals surface area contributed by atoms with Crippen LogP contribution in [0.2, 0.25) is 5.02 Å². The van der Waals surface area contributed by atoms with E-state index in [9.17, 15) is 14.7 Å². The SMILES string of the molecule is CCn1cc(C(=O)NC(C)(C)CO)c(=O)c2cc(Cl)ccc21. The van der Waals surface area contributed by atoms with E-state index in [-0.39, 0.29) is 17.6 Å². The van der Waals surface area contributed by atoms with Crippen molar-refractivity contribution in [2.75, 3.05) is 6.61 Å². The Morgan fingerprint density at radius 1 is 1.41 bits per heavy atom. The number of halogens is 1. The van der Waals surface area contributed by atoms with Crippen LogP contribution < -0.4 is 10.7 Å². The maximum atomic E-state index is 12.6. The number of aromatic nitrogens is 1. The quantitative estimate of drug-likeness (QED) is 0.906. The largest absolute Gasteiger partial charge is 0.394 e.